The maximum atomic E-state index is 12.8. The molecule has 3 aromatic rings. The number of rotatable bonds is 19. The number of hydrogen-bond donors (Lipinski definition) is 2. The summed E-state index contributed by atoms with van der Waals surface area (Å²) in [6.07, 6.45) is 9.91. The van der Waals surface area contributed by atoms with E-state index < -0.39 is 18.3 Å². The van der Waals surface area contributed by atoms with E-state index in [1.54, 1.807) is 48.5 Å². The second-order valence-electron chi connectivity index (χ2n) is 14.3. The van der Waals surface area contributed by atoms with Crippen molar-refractivity contribution in [3.8, 4) is 11.5 Å². The molecule has 296 valence electrons. The zero-order valence-electron chi connectivity index (χ0n) is 31.5. The number of aliphatic hydroxyl groups is 1. The minimum atomic E-state index is -0.623. The van der Waals surface area contributed by atoms with E-state index in [2.05, 4.69) is 5.32 Å². The summed E-state index contributed by atoms with van der Waals surface area (Å²) in [4.78, 5) is 25.4. The Morgan fingerprint density at radius 1 is 0.836 bits per heavy atom. The van der Waals surface area contributed by atoms with Crippen LogP contribution >= 0.6 is 0 Å². The van der Waals surface area contributed by atoms with Crippen molar-refractivity contribution in [1.29, 1.82) is 0 Å². The van der Waals surface area contributed by atoms with Gasteiger partial charge in [-0.3, -0.25) is 9.59 Å². The predicted octanol–water partition coefficient (Wildman–Crippen LogP) is 7.63. The van der Waals surface area contributed by atoms with E-state index in [0.717, 1.165) is 44.3 Å². The van der Waals surface area contributed by atoms with Crippen LogP contribution in [0.15, 0.2) is 97.1 Å². The molecule has 2 N–H and O–H groups in total. The Bertz CT molecular complexity index is 1610. The van der Waals surface area contributed by atoms with Crippen molar-refractivity contribution < 1.29 is 47.9 Å². The predicted molar refractivity (Wildman–Crippen MR) is 207 cm³/mol. The molecule has 0 radical (unpaired) electrons. The van der Waals surface area contributed by atoms with Gasteiger partial charge in [0.2, 0.25) is 0 Å². The summed E-state index contributed by atoms with van der Waals surface area (Å²) < 4.78 is 43.0. The normalized spacial score (nSPS) is 24.7. The van der Waals surface area contributed by atoms with Gasteiger partial charge in [-0.05, 0) is 94.2 Å². The molecule has 11 heteroatoms. The minimum Gasteiger partial charge on any atom is -0.491 e. The van der Waals surface area contributed by atoms with Gasteiger partial charge in [0, 0.05) is 37.5 Å². The third-order valence-electron chi connectivity index (χ3n) is 10.1. The molecule has 2 aliphatic heterocycles. The molecule has 3 aromatic carbocycles. The maximum Gasteiger partial charge on any atom is 0.311 e. The lowest BCUT2D eigenvalue weighted by Crippen LogP contribution is -2.40. The highest BCUT2D eigenvalue weighted by Crippen LogP contribution is 2.36. The molecule has 2 saturated heterocycles. The molecule has 2 heterocycles. The van der Waals surface area contributed by atoms with Gasteiger partial charge in [0.1, 0.15) is 18.5 Å². The number of nitrogens with one attached hydrogen (secondary N) is 1. The van der Waals surface area contributed by atoms with Crippen molar-refractivity contribution in [3.63, 3.8) is 0 Å². The Balaban J connectivity index is 1.01. The fourth-order valence-corrected chi connectivity index (χ4v) is 7.15. The number of ether oxygens (including phenoxy) is 7. The van der Waals surface area contributed by atoms with Crippen LogP contribution in [0.3, 0.4) is 0 Å². The first kappa shape index (κ1) is 40.6. The number of esters is 1. The summed E-state index contributed by atoms with van der Waals surface area (Å²) in [6, 6.07) is 25.4. The minimum absolute atomic E-state index is 0.206. The third kappa shape index (κ3) is 13.0. The van der Waals surface area contributed by atoms with Gasteiger partial charge in [0.25, 0.3) is 5.91 Å². The molecule has 55 heavy (non-hydrogen) atoms. The number of carbonyl (C=O) groups excluding carboxylic acids is 2. The van der Waals surface area contributed by atoms with Crippen molar-refractivity contribution in [2.24, 2.45) is 5.92 Å². The molecule has 0 aromatic heterocycles. The summed E-state index contributed by atoms with van der Waals surface area (Å²) >= 11 is 0. The summed E-state index contributed by atoms with van der Waals surface area (Å²) in [7, 11) is 0. The Kier molecular flexibility index (Phi) is 16.1. The Hall–Kier alpha value is -4.10. The lowest BCUT2D eigenvalue weighted by atomic mass is 9.98. The van der Waals surface area contributed by atoms with Crippen molar-refractivity contribution in [3.05, 3.63) is 103 Å². The van der Waals surface area contributed by atoms with Crippen LogP contribution in [0, 0.1) is 5.92 Å². The first-order valence-corrected chi connectivity index (χ1v) is 19.8. The quantitative estimate of drug-likeness (QED) is 0.0545. The second-order valence-corrected chi connectivity index (χ2v) is 14.3. The van der Waals surface area contributed by atoms with Gasteiger partial charge in [0.05, 0.1) is 30.6 Å². The zero-order chi connectivity index (χ0) is 38.1. The van der Waals surface area contributed by atoms with E-state index in [9.17, 15) is 14.7 Å². The molecule has 1 amide bonds. The zero-order valence-corrected chi connectivity index (χ0v) is 31.5. The van der Waals surface area contributed by atoms with E-state index in [-0.39, 0.29) is 56.1 Å². The SMILES string of the molecule is O=C(CCC/C=C\C[C@@H]1[C@@H](OCC(COc2ccccc2)OC2CCCCO2)[C@H](OC2CCCCO2)C[C@@H]1O)Oc1ccccc1NC(=O)c1ccccc1. The highest BCUT2D eigenvalue weighted by Gasteiger charge is 2.45. The lowest BCUT2D eigenvalue weighted by Gasteiger charge is -2.32. The molecular weight excluding hydrogens is 702 g/mol. The van der Waals surface area contributed by atoms with E-state index in [1.807, 2.05) is 48.6 Å². The van der Waals surface area contributed by atoms with E-state index in [4.69, 9.17) is 33.2 Å². The molecule has 6 rings (SSSR count). The molecule has 1 aliphatic carbocycles. The van der Waals surface area contributed by atoms with Gasteiger partial charge in [-0.1, -0.05) is 60.7 Å². The fourth-order valence-electron chi connectivity index (χ4n) is 7.15. The van der Waals surface area contributed by atoms with Gasteiger partial charge >= 0.3 is 5.97 Å². The standard InChI is InChI=1S/C44H55NO10/c46-37-29-39(55-42-26-14-16-28-50-42)43(52-31-34(53-41-25-13-15-27-49-41)30-51-33-19-7-4-8-20-33)35(37)21-9-1-2-10-24-40(47)54-38-23-12-11-22-36(38)45-44(48)32-17-5-3-6-18-32/h1,3-9,11-12,17-20,22-23,34-35,37,39,41-43,46H,2,10,13-16,21,24-31H2,(H,45,48)/b9-1-/t34?,35-,37-,39+,41?,42?,43+/m0/s1. The Morgan fingerprint density at radius 2 is 1.55 bits per heavy atom. The summed E-state index contributed by atoms with van der Waals surface area (Å²) in [5, 5.41) is 14.1. The van der Waals surface area contributed by atoms with Crippen LogP contribution in [0.1, 0.15) is 81.0 Å². The number of carbonyl (C=O) groups is 2. The van der Waals surface area contributed by atoms with Gasteiger partial charge in [-0.2, -0.15) is 0 Å². The van der Waals surface area contributed by atoms with Crippen LogP contribution in [0.4, 0.5) is 5.69 Å². The molecule has 3 fully saturated rings. The first-order valence-electron chi connectivity index (χ1n) is 19.8. The van der Waals surface area contributed by atoms with Gasteiger partial charge in [-0.15, -0.1) is 0 Å². The number of amides is 1. The van der Waals surface area contributed by atoms with E-state index in [1.165, 1.54) is 0 Å². The first-order chi connectivity index (χ1) is 27.0. The topological polar surface area (TPSA) is 131 Å². The van der Waals surface area contributed by atoms with Crippen molar-refractivity contribution in [1.82, 2.24) is 0 Å². The van der Waals surface area contributed by atoms with Gasteiger partial charge in [0.15, 0.2) is 18.3 Å². The van der Waals surface area contributed by atoms with E-state index in [0.29, 0.717) is 55.9 Å². The van der Waals surface area contributed by atoms with Crippen LogP contribution in [-0.4, -0.2) is 80.4 Å². The van der Waals surface area contributed by atoms with Crippen LogP contribution in [0.25, 0.3) is 0 Å². The summed E-state index contributed by atoms with van der Waals surface area (Å²) in [6.45, 7) is 1.87. The monoisotopic (exact) mass is 757 g/mol. The van der Waals surface area contributed by atoms with Crippen LogP contribution in [-0.2, 0) is 28.5 Å². The number of unbranched alkanes of at least 4 members (excludes halogenated alkanes) is 1. The highest BCUT2D eigenvalue weighted by molar-refractivity contribution is 6.05. The third-order valence-corrected chi connectivity index (χ3v) is 10.1. The fraction of sp³-hybridized carbons (Fsp3) is 0.500. The largest absolute Gasteiger partial charge is 0.491 e. The highest BCUT2D eigenvalue weighted by atomic mass is 16.7. The van der Waals surface area contributed by atoms with Gasteiger partial charge in [-0.25, -0.2) is 0 Å². The molecule has 0 bridgehead atoms. The Labute approximate surface area is 324 Å². The molecule has 11 nitrogen and oxygen atoms in total. The number of benzene rings is 3. The molecule has 1 saturated carbocycles. The molecule has 0 spiro atoms. The van der Waals surface area contributed by atoms with Crippen molar-refractivity contribution in [2.75, 3.05) is 31.7 Å². The van der Waals surface area contributed by atoms with Crippen LogP contribution in [0.2, 0.25) is 0 Å². The van der Waals surface area contributed by atoms with Crippen molar-refractivity contribution in [2.45, 2.75) is 108 Å². The van der Waals surface area contributed by atoms with Crippen LogP contribution in [0.5, 0.6) is 11.5 Å². The second kappa shape index (κ2) is 21.8. The van der Waals surface area contributed by atoms with Crippen molar-refractivity contribution >= 4 is 17.6 Å². The lowest BCUT2D eigenvalue weighted by molar-refractivity contribution is -0.226. The molecular formula is C44H55NO10. The number of hydrogen-bond acceptors (Lipinski definition) is 10. The number of aliphatic hydroxyl groups excluding tert-OH is 1. The average Bonchev–Trinajstić information content (AvgIpc) is 3.51. The maximum absolute atomic E-state index is 12.8. The van der Waals surface area contributed by atoms with Gasteiger partial charge < -0.3 is 43.6 Å². The number of anilines is 1. The average molecular weight is 758 g/mol. The van der Waals surface area contributed by atoms with E-state index >= 15 is 0 Å². The van der Waals surface area contributed by atoms with Crippen LogP contribution < -0.4 is 14.8 Å². The smallest absolute Gasteiger partial charge is 0.311 e. The number of para-hydroxylation sites is 3. The summed E-state index contributed by atoms with van der Waals surface area (Å²) in [5.74, 6) is 0.175. The summed E-state index contributed by atoms with van der Waals surface area (Å²) in [5.41, 5.74) is 0.939. The number of allylic oxidation sites excluding steroid dienone is 2. The molecule has 3 unspecified atom stereocenters. The molecule has 3 aliphatic rings. The Morgan fingerprint density at radius 3 is 2.29 bits per heavy atom. The molecule has 7 atom stereocenters.